The van der Waals surface area contributed by atoms with Crippen LogP contribution in [0.15, 0.2) is 34.2 Å². The van der Waals surface area contributed by atoms with Gasteiger partial charge in [-0.05, 0) is 59.1 Å². The Bertz CT molecular complexity index is 522. The van der Waals surface area contributed by atoms with E-state index in [0.29, 0.717) is 6.04 Å². The molecule has 0 fully saturated rings. The molecule has 20 heavy (non-hydrogen) atoms. The molecule has 4 heteroatoms. The van der Waals surface area contributed by atoms with E-state index in [0.717, 1.165) is 31.5 Å². The number of nitrogens with zero attached hydrogens (tertiary/aromatic N) is 1. The van der Waals surface area contributed by atoms with Crippen LogP contribution in [0.2, 0.25) is 0 Å². The van der Waals surface area contributed by atoms with E-state index >= 15 is 0 Å². The molecule has 0 aliphatic rings. The van der Waals surface area contributed by atoms with E-state index in [1.165, 1.54) is 14.2 Å². The molecule has 0 radical (unpaired) electrons. The molecule has 0 saturated carbocycles. The number of thiophene rings is 1. The summed E-state index contributed by atoms with van der Waals surface area (Å²) >= 11 is 5.35. The first kappa shape index (κ1) is 15.7. The minimum atomic E-state index is 0.353. The molecule has 1 unspecified atom stereocenters. The molecule has 0 amide bonds. The smallest absolute Gasteiger partial charge is 0.0701 e. The van der Waals surface area contributed by atoms with Crippen LogP contribution in [0.25, 0.3) is 0 Å². The Balaban J connectivity index is 2.10. The maximum Gasteiger partial charge on any atom is 0.0701 e. The molecular weight excluding hydrogens is 332 g/mol. The van der Waals surface area contributed by atoms with Gasteiger partial charge in [-0.15, -0.1) is 11.3 Å². The van der Waals surface area contributed by atoms with E-state index in [4.69, 9.17) is 0 Å². The van der Waals surface area contributed by atoms with Crippen LogP contribution in [0.5, 0.6) is 0 Å². The summed E-state index contributed by atoms with van der Waals surface area (Å²) in [6, 6.07) is 9.01. The van der Waals surface area contributed by atoms with Gasteiger partial charge in [-0.2, -0.15) is 0 Å². The van der Waals surface area contributed by atoms with Crippen molar-refractivity contribution in [1.82, 2.24) is 10.3 Å². The first-order valence-electron chi connectivity index (χ1n) is 7.15. The van der Waals surface area contributed by atoms with Gasteiger partial charge in [0.1, 0.15) is 0 Å². The second kappa shape index (κ2) is 7.91. The van der Waals surface area contributed by atoms with E-state index in [2.05, 4.69) is 64.3 Å². The zero-order valence-corrected chi connectivity index (χ0v) is 14.4. The maximum atomic E-state index is 4.58. The first-order chi connectivity index (χ1) is 9.72. The third kappa shape index (κ3) is 4.40. The standard InChI is InChI=1S/C16H21BrN2S/c1-3-9-18-14(15-7-8-16(17)20-15)10-13-6-5-12(4-2)11-19-13/h5-8,11,14,18H,3-4,9-10H2,1-2H3. The Morgan fingerprint density at radius 3 is 2.65 bits per heavy atom. The summed E-state index contributed by atoms with van der Waals surface area (Å²) in [6.45, 7) is 5.39. The van der Waals surface area contributed by atoms with Crippen molar-refractivity contribution in [3.8, 4) is 0 Å². The number of aryl methyl sites for hydroxylation is 1. The molecule has 0 aromatic carbocycles. The van der Waals surface area contributed by atoms with Gasteiger partial charge < -0.3 is 5.32 Å². The fourth-order valence-electron chi connectivity index (χ4n) is 2.10. The first-order valence-corrected chi connectivity index (χ1v) is 8.76. The third-order valence-electron chi connectivity index (χ3n) is 3.29. The molecular formula is C16H21BrN2S. The van der Waals surface area contributed by atoms with Gasteiger partial charge in [-0.3, -0.25) is 4.98 Å². The summed E-state index contributed by atoms with van der Waals surface area (Å²) in [5, 5.41) is 3.63. The van der Waals surface area contributed by atoms with Crippen molar-refractivity contribution in [3.05, 3.63) is 50.4 Å². The highest BCUT2D eigenvalue weighted by Gasteiger charge is 2.14. The van der Waals surface area contributed by atoms with Gasteiger partial charge in [0.2, 0.25) is 0 Å². The van der Waals surface area contributed by atoms with Crippen molar-refractivity contribution in [2.75, 3.05) is 6.54 Å². The average molecular weight is 353 g/mol. The molecule has 0 aliphatic heterocycles. The third-order valence-corrected chi connectivity index (χ3v) is 5.02. The Morgan fingerprint density at radius 2 is 2.10 bits per heavy atom. The van der Waals surface area contributed by atoms with Crippen molar-refractivity contribution in [2.45, 2.75) is 39.2 Å². The Kier molecular flexibility index (Phi) is 6.20. The summed E-state index contributed by atoms with van der Waals surface area (Å²) in [5.74, 6) is 0. The van der Waals surface area contributed by atoms with E-state index < -0.39 is 0 Å². The number of pyridine rings is 1. The van der Waals surface area contributed by atoms with Crippen LogP contribution in [-0.2, 0) is 12.8 Å². The molecule has 1 N–H and O–H groups in total. The fourth-order valence-corrected chi connectivity index (χ4v) is 3.60. The molecule has 2 aromatic rings. The summed E-state index contributed by atoms with van der Waals surface area (Å²) in [4.78, 5) is 5.95. The molecule has 0 bridgehead atoms. The predicted molar refractivity (Wildman–Crippen MR) is 90.4 cm³/mol. The number of hydrogen-bond acceptors (Lipinski definition) is 3. The number of rotatable bonds is 7. The Labute approximate surface area is 133 Å². The van der Waals surface area contributed by atoms with E-state index in [1.807, 2.05) is 6.20 Å². The van der Waals surface area contributed by atoms with Gasteiger partial charge in [0.15, 0.2) is 0 Å². The summed E-state index contributed by atoms with van der Waals surface area (Å²) in [7, 11) is 0. The lowest BCUT2D eigenvalue weighted by molar-refractivity contribution is 0.531. The second-order valence-corrected chi connectivity index (χ2v) is 7.36. The largest absolute Gasteiger partial charge is 0.309 e. The molecule has 0 spiro atoms. The minimum Gasteiger partial charge on any atom is -0.309 e. The van der Waals surface area contributed by atoms with Crippen LogP contribution in [0, 0.1) is 0 Å². The van der Waals surface area contributed by atoms with Crippen molar-refractivity contribution in [3.63, 3.8) is 0 Å². The number of halogens is 1. The zero-order valence-electron chi connectivity index (χ0n) is 12.0. The molecule has 0 saturated heterocycles. The molecule has 1 atom stereocenters. The lowest BCUT2D eigenvalue weighted by atomic mass is 10.1. The van der Waals surface area contributed by atoms with Crippen molar-refractivity contribution in [2.24, 2.45) is 0 Å². The quantitative estimate of drug-likeness (QED) is 0.777. The van der Waals surface area contributed by atoms with Crippen molar-refractivity contribution >= 4 is 27.3 Å². The Hall–Kier alpha value is -0.710. The summed E-state index contributed by atoms with van der Waals surface area (Å²) in [5.41, 5.74) is 2.45. The molecule has 108 valence electrons. The van der Waals surface area contributed by atoms with Crippen LogP contribution in [-0.4, -0.2) is 11.5 Å². The average Bonchev–Trinajstić information content (AvgIpc) is 2.90. The van der Waals surface area contributed by atoms with Gasteiger partial charge in [-0.1, -0.05) is 19.9 Å². The molecule has 2 aromatic heterocycles. The lowest BCUT2D eigenvalue weighted by Crippen LogP contribution is -2.23. The van der Waals surface area contributed by atoms with Gasteiger partial charge >= 0.3 is 0 Å². The van der Waals surface area contributed by atoms with Gasteiger partial charge in [0.25, 0.3) is 0 Å². The maximum absolute atomic E-state index is 4.58. The monoisotopic (exact) mass is 352 g/mol. The molecule has 2 rings (SSSR count). The number of aromatic nitrogens is 1. The zero-order chi connectivity index (χ0) is 14.4. The second-order valence-electron chi connectivity index (χ2n) is 4.86. The van der Waals surface area contributed by atoms with E-state index in [9.17, 15) is 0 Å². The highest BCUT2D eigenvalue weighted by atomic mass is 79.9. The SMILES string of the molecule is CCCNC(Cc1ccc(CC)cn1)c1ccc(Br)s1. The van der Waals surface area contributed by atoms with Gasteiger partial charge in [-0.25, -0.2) is 0 Å². The highest BCUT2D eigenvalue weighted by Crippen LogP contribution is 2.29. The normalized spacial score (nSPS) is 12.6. The van der Waals surface area contributed by atoms with E-state index in [-0.39, 0.29) is 0 Å². The molecule has 0 aliphatic carbocycles. The number of hydrogen-bond donors (Lipinski definition) is 1. The van der Waals surface area contributed by atoms with E-state index in [1.54, 1.807) is 11.3 Å². The minimum absolute atomic E-state index is 0.353. The van der Waals surface area contributed by atoms with Gasteiger partial charge in [0, 0.05) is 29.2 Å². The Morgan fingerprint density at radius 1 is 1.25 bits per heavy atom. The van der Waals surface area contributed by atoms with Crippen LogP contribution in [0.4, 0.5) is 0 Å². The highest BCUT2D eigenvalue weighted by molar-refractivity contribution is 9.11. The molecule has 2 nitrogen and oxygen atoms in total. The number of nitrogens with one attached hydrogen (secondary N) is 1. The van der Waals surface area contributed by atoms with Crippen LogP contribution >= 0.6 is 27.3 Å². The van der Waals surface area contributed by atoms with Crippen molar-refractivity contribution < 1.29 is 0 Å². The predicted octanol–water partition coefficient (Wildman–Crippen LogP) is 4.75. The fraction of sp³-hybridized carbons (Fsp3) is 0.438. The van der Waals surface area contributed by atoms with Crippen LogP contribution in [0.3, 0.4) is 0 Å². The topological polar surface area (TPSA) is 24.9 Å². The van der Waals surface area contributed by atoms with Gasteiger partial charge in [0.05, 0.1) is 3.79 Å². The van der Waals surface area contributed by atoms with Crippen LogP contribution in [0.1, 0.15) is 42.4 Å². The molecule has 2 heterocycles. The van der Waals surface area contributed by atoms with Crippen molar-refractivity contribution in [1.29, 1.82) is 0 Å². The summed E-state index contributed by atoms with van der Waals surface area (Å²) in [6.07, 6.45) is 5.13. The summed E-state index contributed by atoms with van der Waals surface area (Å²) < 4.78 is 1.19. The lowest BCUT2D eigenvalue weighted by Gasteiger charge is -2.17. The van der Waals surface area contributed by atoms with Crippen LogP contribution < -0.4 is 5.32 Å².